The Kier molecular flexibility index (Phi) is 11.4. The predicted molar refractivity (Wildman–Crippen MR) is 141 cm³/mol. The molecule has 12 nitrogen and oxygen atoms in total. The van der Waals surface area contributed by atoms with Gasteiger partial charge in [0.05, 0.1) is 24.7 Å². The summed E-state index contributed by atoms with van der Waals surface area (Å²) in [6, 6.07) is 6.60. The van der Waals surface area contributed by atoms with Crippen molar-refractivity contribution in [2.75, 3.05) is 52.5 Å². The highest BCUT2D eigenvalue weighted by Crippen LogP contribution is 2.31. The van der Waals surface area contributed by atoms with Gasteiger partial charge in [0, 0.05) is 37.7 Å². The van der Waals surface area contributed by atoms with Crippen LogP contribution in [0.3, 0.4) is 0 Å². The maximum Gasteiger partial charge on any atom is 0.312 e. The number of halogens is 3. The Labute approximate surface area is 240 Å². The van der Waals surface area contributed by atoms with E-state index in [0.717, 1.165) is 4.90 Å². The molecule has 3 amide bonds. The number of hydrogen-bond donors (Lipinski definition) is 2. The first-order valence-electron chi connectivity index (χ1n) is 12.5. The molecule has 3 rings (SSSR count). The summed E-state index contributed by atoms with van der Waals surface area (Å²) < 4.78 is 67.5. The van der Waals surface area contributed by atoms with Crippen LogP contribution in [0.4, 0.5) is 8.78 Å². The summed E-state index contributed by atoms with van der Waals surface area (Å²) in [5.74, 6) is -6.32. The molecule has 1 aliphatic heterocycles. The quantitative estimate of drug-likeness (QED) is 0.221. The average molecular weight is 619 g/mol. The number of carbonyl (C=O) groups excluding carboxylic acids is 3. The third kappa shape index (κ3) is 8.33. The van der Waals surface area contributed by atoms with Crippen LogP contribution in [0.15, 0.2) is 41.3 Å². The molecule has 0 atom stereocenters. The second-order valence-corrected chi connectivity index (χ2v) is 11.2. The number of hydroxylamine groups is 1. The number of rotatable bonds is 11. The van der Waals surface area contributed by atoms with E-state index in [9.17, 15) is 31.6 Å². The van der Waals surface area contributed by atoms with Gasteiger partial charge in [0.25, 0.3) is 5.91 Å². The van der Waals surface area contributed by atoms with Crippen molar-refractivity contribution in [1.29, 1.82) is 0 Å². The zero-order chi connectivity index (χ0) is 30.2. The first-order valence-corrected chi connectivity index (χ1v) is 14.3. The Bertz CT molecular complexity index is 1330. The van der Waals surface area contributed by atoms with Crippen molar-refractivity contribution in [1.82, 2.24) is 19.6 Å². The first-order chi connectivity index (χ1) is 19.5. The van der Waals surface area contributed by atoms with Crippen LogP contribution in [0.1, 0.15) is 13.3 Å². The molecule has 0 bridgehead atoms. The van der Waals surface area contributed by atoms with E-state index in [1.807, 2.05) is 0 Å². The Morgan fingerprint density at radius 1 is 1.07 bits per heavy atom. The van der Waals surface area contributed by atoms with Gasteiger partial charge >= 0.3 is 11.8 Å². The number of hydrogen-bond acceptors (Lipinski definition) is 8. The second kappa shape index (κ2) is 14.5. The summed E-state index contributed by atoms with van der Waals surface area (Å²) in [4.78, 5) is 39.2. The third-order valence-electron chi connectivity index (χ3n) is 5.97. The van der Waals surface area contributed by atoms with Crippen molar-refractivity contribution in [3.63, 3.8) is 0 Å². The van der Waals surface area contributed by atoms with Crippen LogP contribution in [0.2, 0.25) is 5.02 Å². The number of morpholine rings is 1. The molecule has 0 radical (unpaired) electrons. The fourth-order valence-corrected chi connectivity index (χ4v) is 5.42. The lowest BCUT2D eigenvalue weighted by molar-refractivity contribution is -0.154. The van der Waals surface area contributed by atoms with Crippen molar-refractivity contribution in [3.8, 4) is 11.5 Å². The lowest BCUT2D eigenvalue weighted by atomic mass is 10.3. The molecule has 0 saturated carbocycles. The highest BCUT2D eigenvalue weighted by atomic mass is 35.5. The molecule has 224 valence electrons. The Morgan fingerprint density at radius 3 is 2.24 bits per heavy atom. The Balaban J connectivity index is 1.84. The van der Waals surface area contributed by atoms with Crippen LogP contribution in [0.5, 0.6) is 11.5 Å². The SMILES string of the molecule is CCCN(CCN(CC(=O)NO)S(=O)(=O)c1cc(F)c(Oc2ccc(Cl)cc2)c(F)c1)C(=O)C(=O)N1CCOCC1. The van der Waals surface area contributed by atoms with E-state index < -0.39 is 63.1 Å². The number of sulfonamides is 1. The smallest absolute Gasteiger partial charge is 0.312 e. The molecule has 0 aromatic heterocycles. The second-order valence-electron chi connectivity index (χ2n) is 8.84. The molecule has 0 aliphatic carbocycles. The van der Waals surface area contributed by atoms with Gasteiger partial charge in [-0.05, 0) is 42.8 Å². The van der Waals surface area contributed by atoms with Gasteiger partial charge in [-0.3, -0.25) is 19.6 Å². The molecule has 2 aromatic rings. The maximum atomic E-state index is 14.9. The molecule has 1 saturated heterocycles. The molecule has 1 fully saturated rings. The topological polar surface area (TPSA) is 146 Å². The molecular formula is C25H29ClF2N4O8S. The number of nitrogens with zero attached hydrogens (tertiary/aromatic N) is 3. The number of nitrogens with one attached hydrogen (secondary N) is 1. The van der Waals surface area contributed by atoms with Gasteiger partial charge in [-0.15, -0.1) is 0 Å². The number of amides is 3. The molecule has 2 N–H and O–H groups in total. The summed E-state index contributed by atoms with van der Waals surface area (Å²) in [6.45, 7) is 0.996. The van der Waals surface area contributed by atoms with E-state index in [4.69, 9.17) is 26.3 Å². The third-order valence-corrected chi connectivity index (χ3v) is 8.04. The first kappa shape index (κ1) is 32.1. The lowest BCUT2D eigenvalue weighted by Crippen LogP contribution is -2.51. The summed E-state index contributed by atoms with van der Waals surface area (Å²) in [7, 11) is -4.76. The van der Waals surface area contributed by atoms with Crippen molar-refractivity contribution in [2.45, 2.75) is 18.2 Å². The van der Waals surface area contributed by atoms with Gasteiger partial charge in [-0.2, -0.15) is 4.31 Å². The van der Waals surface area contributed by atoms with Gasteiger partial charge in [-0.1, -0.05) is 18.5 Å². The van der Waals surface area contributed by atoms with E-state index >= 15 is 0 Å². The molecule has 41 heavy (non-hydrogen) atoms. The number of carbonyl (C=O) groups is 3. The van der Waals surface area contributed by atoms with E-state index in [1.54, 1.807) is 6.92 Å². The van der Waals surface area contributed by atoms with Crippen LogP contribution in [0.25, 0.3) is 0 Å². The molecule has 0 spiro atoms. The minimum atomic E-state index is -4.76. The monoisotopic (exact) mass is 618 g/mol. The molecule has 16 heteroatoms. The van der Waals surface area contributed by atoms with Crippen molar-refractivity contribution < 1.29 is 46.3 Å². The van der Waals surface area contributed by atoms with Crippen LogP contribution in [0, 0.1) is 11.6 Å². The van der Waals surface area contributed by atoms with Gasteiger partial charge < -0.3 is 19.3 Å². The standard InChI is InChI=1S/C25H29ClF2N4O8S/c1-2-7-30(24(34)25(35)31-10-12-39-13-11-31)8-9-32(16-22(33)29-36)41(37,38)19-14-20(27)23(21(28)15-19)40-18-5-3-17(26)4-6-18/h3-6,14-15,36H,2,7-13,16H2,1H3,(H,29,33). The van der Waals surface area contributed by atoms with Crippen molar-refractivity contribution in [2.24, 2.45) is 0 Å². The molecule has 1 heterocycles. The van der Waals surface area contributed by atoms with Gasteiger partial charge in [0.2, 0.25) is 10.0 Å². The van der Waals surface area contributed by atoms with Crippen LogP contribution >= 0.6 is 11.6 Å². The summed E-state index contributed by atoms with van der Waals surface area (Å²) in [6.07, 6.45) is 0.428. The van der Waals surface area contributed by atoms with Crippen molar-refractivity contribution in [3.05, 3.63) is 53.1 Å². The van der Waals surface area contributed by atoms with Gasteiger partial charge in [0.1, 0.15) is 5.75 Å². The highest BCUT2D eigenvalue weighted by Gasteiger charge is 2.32. The number of ether oxygens (including phenoxy) is 2. The molecular weight excluding hydrogens is 590 g/mol. The fraction of sp³-hybridized carbons (Fsp3) is 0.400. The van der Waals surface area contributed by atoms with E-state index in [2.05, 4.69) is 0 Å². The predicted octanol–water partition coefficient (Wildman–Crippen LogP) is 2.00. The normalized spacial score (nSPS) is 13.7. The van der Waals surface area contributed by atoms with Crippen LogP contribution in [-0.2, 0) is 29.1 Å². The highest BCUT2D eigenvalue weighted by molar-refractivity contribution is 7.89. The molecule has 1 aliphatic rings. The zero-order valence-corrected chi connectivity index (χ0v) is 23.6. The van der Waals surface area contributed by atoms with Crippen LogP contribution in [-0.4, -0.2) is 97.9 Å². The van der Waals surface area contributed by atoms with Crippen molar-refractivity contribution >= 4 is 39.3 Å². The zero-order valence-electron chi connectivity index (χ0n) is 22.0. The van der Waals surface area contributed by atoms with Gasteiger partial charge in [-0.25, -0.2) is 22.7 Å². The van der Waals surface area contributed by atoms with Gasteiger partial charge in [0.15, 0.2) is 17.4 Å². The minimum absolute atomic E-state index is 0.0383. The Morgan fingerprint density at radius 2 is 1.68 bits per heavy atom. The minimum Gasteiger partial charge on any atom is -0.451 e. The van der Waals surface area contributed by atoms with Crippen LogP contribution < -0.4 is 10.2 Å². The fourth-order valence-electron chi connectivity index (χ4n) is 3.89. The van der Waals surface area contributed by atoms with E-state index in [-0.39, 0.29) is 45.1 Å². The summed E-state index contributed by atoms with van der Waals surface area (Å²) in [5.41, 5.74) is 1.30. The lowest BCUT2D eigenvalue weighted by Gasteiger charge is -2.30. The maximum absolute atomic E-state index is 14.9. The summed E-state index contributed by atoms with van der Waals surface area (Å²) >= 11 is 5.79. The Hall–Kier alpha value is -3.37. The van der Waals surface area contributed by atoms with E-state index in [1.165, 1.54) is 34.6 Å². The molecule has 0 unspecified atom stereocenters. The summed E-state index contributed by atoms with van der Waals surface area (Å²) in [5, 5.41) is 9.34. The molecule has 2 aromatic carbocycles. The largest absolute Gasteiger partial charge is 0.451 e. The average Bonchev–Trinajstić information content (AvgIpc) is 2.96. The number of benzene rings is 2. The van der Waals surface area contributed by atoms with E-state index in [0.29, 0.717) is 27.9 Å².